The Labute approximate surface area is 104 Å². The summed E-state index contributed by atoms with van der Waals surface area (Å²) in [6.07, 6.45) is 0.860. The van der Waals surface area contributed by atoms with E-state index in [1.165, 1.54) is 4.88 Å². The molecule has 0 radical (unpaired) electrons. The molecule has 1 nitrogen and oxygen atoms in total. The second-order valence-corrected chi connectivity index (χ2v) is 6.45. The molecule has 2 rings (SSSR count). The van der Waals surface area contributed by atoms with Gasteiger partial charge in [-0.25, -0.2) is 4.98 Å². The van der Waals surface area contributed by atoms with Crippen LogP contribution in [-0.2, 0) is 6.42 Å². The van der Waals surface area contributed by atoms with Crippen LogP contribution < -0.4 is 0 Å². The van der Waals surface area contributed by atoms with Crippen molar-refractivity contribution in [2.45, 2.75) is 6.42 Å². The zero-order valence-electron chi connectivity index (χ0n) is 7.17. The van der Waals surface area contributed by atoms with Crippen molar-refractivity contribution in [3.63, 3.8) is 0 Å². The van der Waals surface area contributed by atoms with Gasteiger partial charge in [-0.3, -0.25) is 0 Å². The van der Waals surface area contributed by atoms with Crippen molar-refractivity contribution in [3.8, 4) is 10.6 Å². The van der Waals surface area contributed by atoms with Crippen LogP contribution in [0.4, 0.5) is 0 Å². The molecule has 74 valence electrons. The number of nitrogens with zero attached hydrogens (tertiary/aromatic N) is 1. The Kier molecular flexibility index (Phi) is 3.60. The Morgan fingerprint density at radius 2 is 2.29 bits per heavy atom. The molecule has 2 aromatic heterocycles. The van der Waals surface area contributed by atoms with E-state index in [2.05, 4.69) is 32.4 Å². The summed E-state index contributed by atoms with van der Waals surface area (Å²) < 4.78 is 1.14. The van der Waals surface area contributed by atoms with E-state index in [0.29, 0.717) is 5.88 Å². The summed E-state index contributed by atoms with van der Waals surface area (Å²) in [5.41, 5.74) is 1.06. The van der Waals surface area contributed by atoms with Gasteiger partial charge in [0.2, 0.25) is 0 Å². The lowest BCUT2D eigenvalue weighted by Gasteiger charge is -1.88. The average molecular weight is 309 g/mol. The van der Waals surface area contributed by atoms with Crippen LogP contribution in [0.3, 0.4) is 0 Å². The van der Waals surface area contributed by atoms with Gasteiger partial charge in [-0.05, 0) is 28.1 Å². The van der Waals surface area contributed by atoms with Crippen molar-refractivity contribution < 1.29 is 0 Å². The summed E-state index contributed by atoms with van der Waals surface area (Å²) in [6.45, 7) is 0. The van der Waals surface area contributed by atoms with Gasteiger partial charge >= 0.3 is 0 Å². The molecule has 0 aliphatic carbocycles. The third-order valence-corrected chi connectivity index (χ3v) is 4.43. The summed E-state index contributed by atoms with van der Waals surface area (Å²) in [5.74, 6) is 0.640. The fourth-order valence-corrected chi connectivity index (χ4v) is 3.58. The Morgan fingerprint density at radius 1 is 1.43 bits per heavy atom. The van der Waals surface area contributed by atoms with Gasteiger partial charge in [0, 0.05) is 17.7 Å². The minimum Gasteiger partial charge on any atom is -0.240 e. The molecule has 0 saturated heterocycles. The molecule has 0 N–H and O–H groups in total. The molecule has 0 aliphatic heterocycles. The van der Waals surface area contributed by atoms with Crippen LogP contribution in [0.15, 0.2) is 21.3 Å². The number of rotatable bonds is 3. The molecule has 0 unspecified atom stereocenters. The highest BCUT2D eigenvalue weighted by atomic mass is 79.9. The maximum absolute atomic E-state index is 5.66. The molecule has 14 heavy (non-hydrogen) atoms. The van der Waals surface area contributed by atoms with E-state index in [-0.39, 0.29) is 0 Å². The monoisotopic (exact) mass is 307 g/mol. The highest BCUT2D eigenvalue weighted by molar-refractivity contribution is 9.11. The van der Waals surface area contributed by atoms with Crippen molar-refractivity contribution in [3.05, 3.63) is 26.3 Å². The van der Waals surface area contributed by atoms with Crippen LogP contribution in [-0.4, -0.2) is 10.9 Å². The summed E-state index contributed by atoms with van der Waals surface area (Å²) in [5, 5.41) is 3.19. The highest BCUT2D eigenvalue weighted by Crippen LogP contribution is 2.31. The summed E-state index contributed by atoms with van der Waals surface area (Å²) >= 11 is 12.5. The third-order valence-electron chi connectivity index (χ3n) is 1.69. The fraction of sp³-hybridized carbons (Fsp3) is 0.222. The minimum atomic E-state index is 0.640. The zero-order chi connectivity index (χ0) is 9.97. The zero-order valence-corrected chi connectivity index (χ0v) is 11.1. The molecule has 0 fully saturated rings. The number of hydrogen-bond donors (Lipinski definition) is 0. The number of alkyl halides is 1. The first-order valence-corrected chi connectivity index (χ1v) is 7.08. The van der Waals surface area contributed by atoms with E-state index in [9.17, 15) is 0 Å². The van der Waals surface area contributed by atoms with Crippen LogP contribution in [0.25, 0.3) is 10.6 Å². The van der Waals surface area contributed by atoms with Crippen molar-refractivity contribution in [1.82, 2.24) is 4.98 Å². The lowest BCUT2D eigenvalue weighted by Crippen LogP contribution is -1.83. The normalized spacial score (nSPS) is 10.7. The summed E-state index contributed by atoms with van der Waals surface area (Å²) in [6, 6.07) is 4.12. The molecule has 2 heterocycles. The molecular weight excluding hydrogens is 302 g/mol. The first kappa shape index (κ1) is 10.6. The topological polar surface area (TPSA) is 12.9 Å². The molecule has 0 saturated carbocycles. The van der Waals surface area contributed by atoms with Crippen LogP contribution >= 0.6 is 50.2 Å². The van der Waals surface area contributed by atoms with E-state index >= 15 is 0 Å². The van der Waals surface area contributed by atoms with E-state index < -0.39 is 0 Å². The Balaban J connectivity index is 2.24. The molecule has 0 aromatic carbocycles. The maximum Gasteiger partial charge on any atom is 0.0944 e. The first-order valence-electron chi connectivity index (χ1n) is 4.05. The number of aromatic nitrogens is 1. The lowest BCUT2D eigenvalue weighted by atomic mass is 10.4. The van der Waals surface area contributed by atoms with Crippen molar-refractivity contribution >= 4 is 50.2 Å². The van der Waals surface area contributed by atoms with Gasteiger partial charge in [-0.15, -0.1) is 34.3 Å². The van der Waals surface area contributed by atoms with Gasteiger partial charge in [0.25, 0.3) is 0 Å². The number of halogens is 2. The predicted molar refractivity (Wildman–Crippen MR) is 67.6 cm³/mol. The van der Waals surface area contributed by atoms with E-state index in [4.69, 9.17) is 11.6 Å². The van der Waals surface area contributed by atoms with Crippen molar-refractivity contribution in [1.29, 1.82) is 0 Å². The van der Waals surface area contributed by atoms with Gasteiger partial charge in [-0.1, -0.05) is 0 Å². The van der Waals surface area contributed by atoms with Gasteiger partial charge in [0.05, 0.1) is 19.4 Å². The molecule has 0 atom stereocenters. The SMILES string of the molecule is ClCCc1nc(-c2ccc(Br)s2)cs1. The number of hydrogen-bond acceptors (Lipinski definition) is 3. The minimum absolute atomic E-state index is 0.640. The number of thiophene rings is 1. The molecule has 0 spiro atoms. The summed E-state index contributed by atoms with van der Waals surface area (Å²) in [4.78, 5) is 5.71. The maximum atomic E-state index is 5.66. The Hall–Kier alpha value is 0.1000. The largest absolute Gasteiger partial charge is 0.240 e. The quantitative estimate of drug-likeness (QED) is 0.765. The Morgan fingerprint density at radius 3 is 2.93 bits per heavy atom. The fourth-order valence-electron chi connectivity index (χ4n) is 1.07. The summed E-state index contributed by atoms with van der Waals surface area (Å²) in [7, 11) is 0. The van der Waals surface area contributed by atoms with Gasteiger partial charge in [0.1, 0.15) is 0 Å². The smallest absolute Gasteiger partial charge is 0.0944 e. The van der Waals surface area contributed by atoms with E-state index in [0.717, 1.165) is 20.9 Å². The molecule has 5 heteroatoms. The van der Waals surface area contributed by atoms with Crippen LogP contribution in [0.5, 0.6) is 0 Å². The molecule has 2 aromatic rings. The predicted octanol–water partition coefficient (Wildman–Crippen LogP) is 4.42. The van der Waals surface area contributed by atoms with Gasteiger partial charge in [-0.2, -0.15) is 0 Å². The van der Waals surface area contributed by atoms with Crippen molar-refractivity contribution in [2.75, 3.05) is 5.88 Å². The first-order chi connectivity index (χ1) is 6.79. The second-order valence-electron chi connectivity index (χ2n) is 2.67. The molecule has 0 aliphatic rings. The number of thiazole rings is 1. The van der Waals surface area contributed by atoms with E-state index in [1.807, 2.05) is 6.07 Å². The van der Waals surface area contributed by atoms with Gasteiger partial charge < -0.3 is 0 Å². The molecule has 0 amide bonds. The highest BCUT2D eigenvalue weighted by Gasteiger charge is 2.06. The van der Waals surface area contributed by atoms with Crippen LogP contribution in [0.2, 0.25) is 0 Å². The standard InChI is InChI=1S/C9H7BrClNS2/c10-8-2-1-7(14-8)6-5-13-9(12-6)3-4-11/h1-2,5H,3-4H2. The lowest BCUT2D eigenvalue weighted by molar-refractivity contribution is 1.11. The van der Waals surface area contributed by atoms with Gasteiger partial charge in [0.15, 0.2) is 0 Å². The Bertz CT molecular complexity index is 424. The van der Waals surface area contributed by atoms with Crippen LogP contribution in [0.1, 0.15) is 5.01 Å². The average Bonchev–Trinajstić information content (AvgIpc) is 2.74. The van der Waals surface area contributed by atoms with Crippen LogP contribution in [0, 0.1) is 0 Å². The molecule has 0 bridgehead atoms. The third kappa shape index (κ3) is 2.37. The molecular formula is C9H7BrClNS2. The van der Waals surface area contributed by atoms with E-state index in [1.54, 1.807) is 22.7 Å². The van der Waals surface area contributed by atoms with Crippen molar-refractivity contribution in [2.24, 2.45) is 0 Å². The number of aryl methyl sites for hydroxylation is 1. The second kappa shape index (κ2) is 4.75.